The van der Waals surface area contributed by atoms with Crippen LogP contribution in [0.3, 0.4) is 0 Å². The van der Waals surface area contributed by atoms with Crippen LogP contribution in [-0.4, -0.2) is 55.8 Å². The lowest BCUT2D eigenvalue weighted by Gasteiger charge is -2.19. The molecule has 0 aliphatic heterocycles. The van der Waals surface area contributed by atoms with E-state index in [1.54, 1.807) is 0 Å². The third-order valence-corrected chi connectivity index (χ3v) is 5.35. The quantitative estimate of drug-likeness (QED) is 0.300. The first kappa shape index (κ1) is 21.4. The lowest BCUT2D eigenvalue weighted by molar-refractivity contribution is -0.142. The zero-order valence-corrected chi connectivity index (χ0v) is 16.2. The highest BCUT2D eigenvalue weighted by molar-refractivity contribution is 8.00. The van der Waals surface area contributed by atoms with Crippen molar-refractivity contribution in [3.63, 3.8) is 0 Å². The zero-order valence-electron chi connectivity index (χ0n) is 15.4. The van der Waals surface area contributed by atoms with Crippen LogP contribution in [0.5, 0.6) is 0 Å². The number of hydrogen-bond acceptors (Lipinski definition) is 4. The summed E-state index contributed by atoms with van der Waals surface area (Å²) in [7, 11) is 0. The highest BCUT2D eigenvalue weighted by atomic mass is 32.2. The molecule has 0 spiro atoms. The number of carbonyl (C=O) groups is 3. The number of carboxylic acids is 1. The predicted octanol–water partition coefficient (Wildman–Crippen LogP) is 2.05. The van der Waals surface area contributed by atoms with E-state index >= 15 is 0 Å². The standard InChI is InChI=1S/C19H22N4O4S/c1-2-28-17(9-12-10-21-15-6-4-3-5-14(12)15)18(25)23-16(19(26)27)8-7-13(24)11-22-20/h3-6,10-11,16-17,21H,2,7-9H2,1H3,(H,23,25)(H,26,27). The summed E-state index contributed by atoms with van der Waals surface area (Å²) in [6.45, 7) is 1.93. The molecular weight excluding hydrogens is 380 g/mol. The molecule has 0 aliphatic rings. The Bertz CT molecular complexity index is 904. The van der Waals surface area contributed by atoms with Crippen LogP contribution in [0.25, 0.3) is 16.4 Å². The van der Waals surface area contributed by atoms with Gasteiger partial charge in [-0.3, -0.25) is 9.59 Å². The van der Waals surface area contributed by atoms with Crippen LogP contribution >= 0.6 is 11.8 Å². The molecule has 0 aliphatic carbocycles. The summed E-state index contributed by atoms with van der Waals surface area (Å²) >= 11 is 1.44. The number of aromatic amines is 1. The topological polar surface area (TPSA) is 136 Å². The fraction of sp³-hybridized carbons (Fsp3) is 0.368. The molecule has 1 aromatic carbocycles. The molecular formula is C19H22N4O4S. The molecule has 28 heavy (non-hydrogen) atoms. The predicted molar refractivity (Wildman–Crippen MR) is 107 cm³/mol. The first-order chi connectivity index (χ1) is 13.5. The van der Waals surface area contributed by atoms with Gasteiger partial charge in [-0.2, -0.15) is 4.79 Å². The van der Waals surface area contributed by atoms with Crippen LogP contribution < -0.4 is 5.32 Å². The highest BCUT2D eigenvalue weighted by Crippen LogP contribution is 2.23. The summed E-state index contributed by atoms with van der Waals surface area (Å²) in [6, 6.07) is 6.59. The van der Waals surface area contributed by atoms with Crippen LogP contribution in [0.4, 0.5) is 0 Å². The summed E-state index contributed by atoms with van der Waals surface area (Å²) in [5.74, 6) is -1.41. The van der Waals surface area contributed by atoms with E-state index in [2.05, 4.69) is 15.1 Å². The first-order valence-electron chi connectivity index (χ1n) is 8.86. The lowest BCUT2D eigenvalue weighted by Crippen LogP contribution is -2.45. The molecule has 8 nitrogen and oxygen atoms in total. The Morgan fingerprint density at radius 3 is 2.79 bits per heavy atom. The lowest BCUT2D eigenvalue weighted by atomic mass is 10.1. The van der Waals surface area contributed by atoms with Crippen molar-refractivity contribution in [2.45, 2.75) is 37.5 Å². The van der Waals surface area contributed by atoms with Crippen molar-refractivity contribution >= 4 is 46.5 Å². The van der Waals surface area contributed by atoms with Crippen LogP contribution in [0.1, 0.15) is 25.3 Å². The summed E-state index contributed by atoms with van der Waals surface area (Å²) in [4.78, 5) is 41.4. The van der Waals surface area contributed by atoms with Crippen LogP contribution in [0.15, 0.2) is 30.5 Å². The Kier molecular flexibility index (Phi) is 7.98. The third-order valence-electron chi connectivity index (χ3n) is 4.24. The number of Topliss-reactive ketones (excluding diaryl/α,β-unsaturated/α-hetero) is 1. The number of nitrogens with one attached hydrogen (secondary N) is 2. The molecule has 0 bridgehead atoms. The van der Waals surface area contributed by atoms with Gasteiger partial charge >= 0.3 is 12.2 Å². The maximum Gasteiger partial charge on any atom is 0.326 e. The summed E-state index contributed by atoms with van der Waals surface area (Å²) < 4.78 is 0. The van der Waals surface area contributed by atoms with E-state index < -0.39 is 23.0 Å². The number of ketones is 1. The molecule has 0 fully saturated rings. The van der Waals surface area contributed by atoms with Gasteiger partial charge in [-0.05, 0) is 30.2 Å². The number of aliphatic carboxylic acids is 1. The molecule has 2 rings (SSSR count). The molecule has 0 saturated heterocycles. The van der Waals surface area contributed by atoms with Gasteiger partial charge in [0.25, 0.3) is 0 Å². The van der Waals surface area contributed by atoms with Crippen molar-refractivity contribution in [1.82, 2.24) is 10.3 Å². The largest absolute Gasteiger partial charge is 0.480 e. The van der Waals surface area contributed by atoms with Gasteiger partial charge in [0, 0.05) is 23.5 Å². The summed E-state index contributed by atoms with van der Waals surface area (Å²) in [5.41, 5.74) is 10.3. The zero-order chi connectivity index (χ0) is 20.5. The van der Waals surface area contributed by atoms with E-state index in [1.165, 1.54) is 11.8 Å². The number of rotatable bonds is 11. The molecule has 2 atom stereocenters. The van der Waals surface area contributed by atoms with Crippen molar-refractivity contribution < 1.29 is 24.3 Å². The van der Waals surface area contributed by atoms with E-state index in [9.17, 15) is 19.5 Å². The number of amides is 1. The summed E-state index contributed by atoms with van der Waals surface area (Å²) in [5, 5.41) is 12.5. The number of fused-ring (bicyclic) bond motifs is 1. The molecule has 3 N–H and O–H groups in total. The number of thioether (sulfide) groups is 1. The number of hydrogen-bond donors (Lipinski definition) is 3. The van der Waals surface area contributed by atoms with Crippen molar-refractivity contribution in [3.8, 4) is 0 Å². The maximum atomic E-state index is 12.7. The van der Waals surface area contributed by atoms with E-state index in [0.29, 0.717) is 18.4 Å². The van der Waals surface area contributed by atoms with Crippen LogP contribution in [0, 0.1) is 0 Å². The van der Waals surface area contributed by atoms with Crippen molar-refractivity contribution in [3.05, 3.63) is 41.6 Å². The first-order valence-corrected chi connectivity index (χ1v) is 9.91. The highest BCUT2D eigenvalue weighted by Gasteiger charge is 2.26. The van der Waals surface area contributed by atoms with Crippen molar-refractivity contribution in [1.29, 1.82) is 0 Å². The van der Waals surface area contributed by atoms with Crippen LogP contribution in [0.2, 0.25) is 0 Å². The molecule has 2 aromatic rings. The number of carbonyl (C=O) groups excluding carboxylic acids is 2. The van der Waals surface area contributed by atoms with E-state index in [-0.39, 0.29) is 18.7 Å². The Labute approximate surface area is 166 Å². The average Bonchev–Trinajstić information content (AvgIpc) is 3.07. The van der Waals surface area contributed by atoms with Gasteiger partial charge in [-0.15, -0.1) is 11.8 Å². The van der Waals surface area contributed by atoms with Gasteiger partial charge in [0.05, 0.1) is 5.25 Å². The van der Waals surface area contributed by atoms with Crippen molar-refractivity contribution in [2.75, 3.05) is 5.75 Å². The monoisotopic (exact) mass is 402 g/mol. The molecule has 0 radical (unpaired) electrons. The third kappa shape index (κ3) is 5.80. The van der Waals surface area contributed by atoms with Gasteiger partial charge in [-0.25, -0.2) is 4.79 Å². The Morgan fingerprint density at radius 1 is 1.36 bits per heavy atom. The molecule has 2 unspecified atom stereocenters. The number of aromatic nitrogens is 1. The number of benzene rings is 1. The van der Waals surface area contributed by atoms with E-state index in [1.807, 2.05) is 37.4 Å². The Hall–Kier alpha value is -2.90. The molecule has 0 saturated carbocycles. The molecule has 148 valence electrons. The minimum absolute atomic E-state index is 0.0808. The summed E-state index contributed by atoms with van der Waals surface area (Å²) in [6.07, 6.45) is 2.81. The van der Waals surface area contributed by atoms with Gasteiger partial charge in [0.15, 0.2) is 0 Å². The second kappa shape index (κ2) is 10.4. The van der Waals surface area contributed by atoms with Gasteiger partial charge in [0.2, 0.25) is 11.7 Å². The average molecular weight is 402 g/mol. The smallest absolute Gasteiger partial charge is 0.326 e. The maximum absolute atomic E-state index is 12.7. The fourth-order valence-electron chi connectivity index (χ4n) is 2.87. The molecule has 1 heterocycles. The Morgan fingerprint density at radius 2 is 2.11 bits per heavy atom. The number of para-hydroxylation sites is 1. The second-order valence-electron chi connectivity index (χ2n) is 6.16. The van der Waals surface area contributed by atoms with Crippen LogP contribution in [-0.2, 0) is 20.8 Å². The normalized spacial score (nSPS) is 12.8. The van der Waals surface area contributed by atoms with E-state index in [0.717, 1.165) is 16.5 Å². The molecule has 1 aromatic heterocycles. The van der Waals surface area contributed by atoms with Gasteiger partial charge in [0.1, 0.15) is 6.04 Å². The SMILES string of the molecule is CCSC(Cc1c[nH]c2ccccc12)C(=O)NC(CCC(=O)C=[N+]=[N-])C(=O)O. The number of carboxylic acid groups (broad SMARTS) is 1. The number of nitrogens with zero attached hydrogens (tertiary/aromatic N) is 2. The Balaban J connectivity index is 2.08. The molecule has 1 amide bonds. The fourth-order valence-corrected chi connectivity index (χ4v) is 3.79. The minimum atomic E-state index is -1.21. The van der Waals surface area contributed by atoms with Gasteiger partial charge in [-0.1, -0.05) is 25.1 Å². The molecule has 9 heteroatoms. The number of H-pyrrole nitrogens is 1. The second-order valence-corrected chi connectivity index (χ2v) is 7.64. The van der Waals surface area contributed by atoms with Gasteiger partial charge < -0.3 is 20.9 Å². The minimum Gasteiger partial charge on any atom is -0.480 e. The van der Waals surface area contributed by atoms with E-state index in [4.69, 9.17) is 5.53 Å². The van der Waals surface area contributed by atoms with Crippen molar-refractivity contribution in [2.24, 2.45) is 0 Å².